The van der Waals surface area contributed by atoms with Gasteiger partial charge in [0.15, 0.2) is 0 Å². The maximum Gasteiger partial charge on any atom is 0.0715 e. The fourth-order valence-corrected chi connectivity index (χ4v) is 6.27. The van der Waals surface area contributed by atoms with Crippen molar-refractivity contribution < 1.29 is 5.11 Å². The standard InChI is InChI=1S/C21H37NO/c1-4-12-21(23)13-8-11-18-16(3)19(14-15(2)20(18)21)22-17-9-6-5-7-10-17/h4,15-20,22-23H,1,5-14H2,2-3H3. The van der Waals surface area contributed by atoms with Crippen LogP contribution in [0.5, 0.6) is 0 Å². The number of aliphatic hydroxyl groups is 1. The van der Waals surface area contributed by atoms with E-state index in [9.17, 15) is 5.11 Å². The molecule has 3 saturated carbocycles. The smallest absolute Gasteiger partial charge is 0.0715 e. The first-order valence-corrected chi connectivity index (χ1v) is 10.1. The molecule has 0 spiro atoms. The van der Waals surface area contributed by atoms with Crippen LogP contribution in [-0.2, 0) is 0 Å². The van der Waals surface area contributed by atoms with Gasteiger partial charge in [-0.15, -0.1) is 6.58 Å². The topological polar surface area (TPSA) is 32.3 Å². The lowest BCUT2D eigenvalue weighted by atomic mass is 9.54. The van der Waals surface area contributed by atoms with E-state index in [1.807, 2.05) is 6.08 Å². The maximum atomic E-state index is 11.3. The first-order valence-electron chi connectivity index (χ1n) is 10.1. The predicted molar refractivity (Wildman–Crippen MR) is 97.3 cm³/mol. The molecule has 2 nitrogen and oxygen atoms in total. The number of fused-ring (bicyclic) bond motifs is 1. The van der Waals surface area contributed by atoms with E-state index in [4.69, 9.17) is 0 Å². The van der Waals surface area contributed by atoms with E-state index in [1.165, 1.54) is 51.4 Å². The van der Waals surface area contributed by atoms with Gasteiger partial charge in [-0.2, -0.15) is 0 Å². The third-order valence-corrected chi connectivity index (χ3v) is 7.33. The molecule has 3 fully saturated rings. The number of hydrogen-bond acceptors (Lipinski definition) is 2. The van der Waals surface area contributed by atoms with Crippen molar-refractivity contribution in [3.63, 3.8) is 0 Å². The molecule has 3 aliphatic carbocycles. The molecule has 0 radical (unpaired) electrons. The van der Waals surface area contributed by atoms with Gasteiger partial charge < -0.3 is 10.4 Å². The molecular weight excluding hydrogens is 282 g/mol. The fourth-order valence-electron chi connectivity index (χ4n) is 6.27. The quantitative estimate of drug-likeness (QED) is 0.738. The van der Waals surface area contributed by atoms with Crippen molar-refractivity contribution in [1.29, 1.82) is 0 Å². The van der Waals surface area contributed by atoms with Crippen molar-refractivity contribution in [3.8, 4) is 0 Å². The van der Waals surface area contributed by atoms with Gasteiger partial charge >= 0.3 is 0 Å². The summed E-state index contributed by atoms with van der Waals surface area (Å²) in [5.41, 5.74) is -0.492. The van der Waals surface area contributed by atoms with Gasteiger partial charge in [-0.05, 0) is 62.2 Å². The lowest BCUT2D eigenvalue weighted by Crippen LogP contribution is -2.58. The third-order valence-electron chi connectivity index (χ3n) is 7.33. The molecule has 0 aliphatic heterocycles. The Morgan fingerprint density at radius 1 is 1.13 bits per heavy atom. The van der Waals surface area contributed by atoms with Crippen LogP contribution in [0.2, 0.25) is 0 Å². The van der Waals surface area contributed by atoms with E-state index in [-0.39, 0.29) is 0 Å². The highest BCUT2D eigenvalue weighted by molar-refractivity contribution is 5.05. The summed E-state index contributed by atoms with van der Waals surface area (Å²) in [6, 6.07) is 1.40. The molecule has 0 saturated heterocycles. The molecule has 6 atom stereocenters. The number of nitrogens with one attached hydrogen (secondary N) is 1. The van der Waals surface area contributed by atoms with E-state index < -0.39 is 5.60 Å². The molecule has 2 N–H and O–H groups in total. The van der Waals surface area contributed by atoms with Crippen LogP contribution in [0.3, 0.4) is 0 Å². The second-order valence-corrected chi connectivity index (χ2v) is 8.86. The zero-order valence-corrected chi connectivity index (χ0v) is 15.3. The van der Waals surface area contributed by atoms with E-state index in [0.717, 1.165) is 18.9 Å². The van der Waals surface area contributed by atoms with Crippen LogP contribution in [0.1, 0.15) is 78.1 Å². The lowest BCUT2D eigenvalue weighted by molar-refractivity contribution is -0.127. The molecule has 0 aromatic heterocycles. The molecule has 0 amide bonds. The van der Waals surface area contributed by atoms with Gasteiger partial charge in [-0.1, -0.05) is 45.6 Å². The van der Waals surface area contributed by atoms with Gasteiger partial charge in [0.25, 0.3) is 0 Å². The first kappa shape index (κ1) is 17.5. The molecule has 3 rings (SSSR count). The Morgan fingerprint density at radius 2 is 1.87 bits per heavy atom. The minimum atomic E-state index is -0.492. The number of hydrogen-bond donors (Lipinski definition) is 2. The van der Waals surface area contributed by atoms with Gasteiger partial charge in [-0.25, -0.2) is 0 Å². The summed E-state index contributed by atoms with van der Waals surface area (Å²) in [5.74, 6) is 2.45. The van der Waals surface area contributed by atoms with Gasteiger partial charge in [-0.3, -0.25) is 0 Å². The van der Waals surface area contributed by atoms with Crippen LogP contribution in [0.4, 0.5) is 0 Å². The molecule has 0 bridgehead atoms. The van der Waals surface area contributed by atoms with Crippen molar-refractivity contribution >= 4 is 0 Å². The summed E-state index contributed by atoms with van der Waals surface area (Å²) in [6.07, 6.45) is 14.4. The summed E-state index contributed by atoms with van der Waals surface area (Å²) in [5, 5.41) is 15.3. The van der Waals surface area contributed by atoms with Gasteiger partial charge in [0.05, 0.1) is 5.60 Å². The van der Waals surface area contributed by atoms with Gasteiger partial charge in [0, 0.05) is 12.1 Å². The Morgan fingerprint density at radius 3 is 2.57 bits per heavy atom. The Hall–Kier alpha value is -0.340. The van der Waals surface area contributed by atoms with Gasteiger partial charge in [0.1, 0.15) is 0 Å². The molecule has 0 aromatic carbocycles. The molecular formula is C21H37NO. The normalized spacial score (nSPS) is 45.4. The van der Waals surface area contributed by atoms with Crippen molar-refractivity contribution in [1.82, 2.24) is 5.32 Å². The minimum absolute atomic E-state index is 0.466. The summed E-state index contributed by atoms with van der Waals surface area (Å²) >= 11 is 0. The molecule has 6 unspecified atom stereocenters. The maximum absolute atomic E-state index is 11.3. The van der Waals surface area contributed by atoms with Crippen molar-refractivity contribution in [2.75, 3.05) is 0 Å². The highest BCUT2D eigenvalue weighted by atomic mass is 16.3. The first-order chi connectivity index (χ1) is 11.0. The third kappa shape index (κ3) is 3.54. The van der Waals surface area contributed by atoms with Crippen molar-refractivity contribution in [2.24, 2.45) is 23.7 Å². The monoisotopic (exact) mass is 319 g/mol. The predicted octanol–water partition coefficient (Wildman–Crippen LogP) is 4.68. The van der Waals surface area contributed by atoms with Crippen LogP contribution < -0.4 is 5.32 Å². The van der Waals surface area contributed by atoms with E-state index >= 15 is 0 Å². The molecule has 0 heterocycles. The van der Waals surface area contributed by atoms with Crippen LogP contribution >= 0.6 is 0 Å². The minimum Gasteiger partial charge on any atom is -0.389 e. The Kier molecular flexibility index (Phi) is 5.53. The average Bonchev–Trinajstić information content (AvgIpc) is 2.53. The largest absolute Gasteiger partial charge is 0.389 e. The van der Waals surface area contributed by atoms with Crippen LogP contribution in [-0.4, -0.2) is 22.8 Å². The molecule has 23 heavy (non-hydrogen) atoms. The molecule has 0 aromatic rings. The highest BCUT2D eigenvalue weighted by Crippen LogP contribution is 2.52. The van der Waals surface area contributed by atoms with E-state index in [1.54, 1.807) is 0 Å². The van der Waals surface area contributed by atoms with Crippen LogP contribution in [0.15, 0.2) is 12.7 Å². The van der Waals surface area contributed by atoms with E-state index in [0.29, 0.717) is 29.7 Å². The fraction of sp³-hybridized carbons (Fsp3) is 0.905. The summed E-state index contributed by atoms with van der Waals surface area (Å²) in [6.45, 7) is 8.74. The second-order valence-electron chi connectivity index (χ2n) is 8.86. The van der Waals surface area contributed by atoms with Crippen molar-refractivity contribution in [3.05, 3.63) is 12.7 Å². The lowest BCUT2D eigenvalue weighted by Gasteiger charge is -2.55. The zero-order chi connectivity index (χ0) is 16.4. The SMILES string of the molecule is C=CCC1(O)CCCC2C(C)C(NC3CCCCC3)CC(C)C21. The summed E-state index contributed by atoms with van der Waals surface area (Å²) in [4.78, 5) is 0. The Balaban J connectivity index is 1.71. The van der Waals surface area contributed by atoms with Crippen molar-refractivity contribution in [2.45, 2.75) is 95.7 Å². The Bertz CT molecular complexity index is 403. The summed E-state index contributed by atoms with van der Waals surface area (Å²) < 4.78 is 0. The average molecular weight is 320 g/mol. The highest BCUT2D eigenvalue weighted by Gasteiger charge is 2.51. The van der Waals surface area contributed by atoms with Crippen LogP contribution in [0, 0.1) is 23.7 Å². The zero-order valence-electron chi connectivity index (χ0n) is 15.3. The second kappa shape index (κ2) is 7.27. The Labute approximate surface area is 143 Å². The van der Waals surface area contributed by atoms with Crippen LogP contribution in [0.25, 0.3) is 0 Å². The molecule has 132 valence electrons. The van der Waals surface area contributed by atoms with E-state index in [2.05, 4.69) is 25.7 Å². The number of rotatable bonds is 4. The van der Waals surface area contributed by atoms with Gasteiger partial charge in [0.2, 0.25) is 0 Å². The molecule has 3 aliphatic rings. The molecule has 2 heteroatoms. The summed E-state index contributed by atoms with van der Waals surface area (Å²) in [7, 11) is 0.